The molecule has 0 bridgehead atoms. The van der Waals surface area contributed by atoms with Gasteiger partial charge in [-0.25, -0.2) is 0 Å². The van der Waals surface area contributed by atoms with Crippen LogP contribution in [-0.4, -0.2) is 18.2 Å². The molecular formula is C22H26N2O. The van der Waals surface area contributed by atoms with Crippen LogP contribution in [0.2, 0.25) is 0 Å². The average molecular weight is 334 g/mol. The number of nitrogens with one attached hydrogen (secondary N) is 1. The van der Waals surface area contributed by atoms with Crippen molar-refractivity contribution in [3.8, 4) is 0 Å². The van der Waals surface area contributed by atoms with E-state index in [0.29, 0.717) is 12.1 Å². The lowest BCUT2D eigenvalue weighted by Crippen LogP contribution is -2.23. The summed E-state index contributed by atoms with van der Waals surface area (Å²) in [6.07, 6.45) is 5.83. The van der Waals surface area contributed by atoms with Gasteiger partial charge < -0.3 is 5.32 Å². The predicted octanol–water partition coefficient (Wildman–Crippen LogP) is 5.16. The van der Waals surface area contributed by atoms with Gasteiger partial charge in [0.05, 0.1) is 5.69 Å². The van der Waals surface area contributed by atoms with E-state index in [9.17, 15) is 4.79 Å². The lowest BCUT2D eigenvalue weighted by molar-refractivity contribution is 0.0954. The fraction of sp³-hybridized carbons (Fsp3) is 0.273. The highest BCUT2D eigenvalue weighted by Gasteiger charge is 2.02. The van der Waals surface area contributed by atoms with Crippen LogP contribution in [0.4, 0.5) is 5.69 Å². The lowest BCUT2D eigenvalue weighted by atomic mass is 10.1. The third-order valence-electron chi connectivity index (χ3n) is 3.92. The molecule has 1 N–H and O–H groups in total. The van der Waals surface area contributed by atoms with Crippen molar-refractivity contribution in [1.29, 1.82) is 0 Å². The highest BCUT2D eigenvalue weighted by molar-refractivity contribution is 5.94. The zero-order valence-electron chi connectivity index (χ0n) is 15.3. The molecule has 0 unspecified atom stereocenters. The molecule has 0 aliphatic heterocycles. The van der Waals surface area contributed by atoms with Gasteiger partial charge in [0.2, 0.25) is 0 Å². The van der Waals surface area contributed by atoms with Crippen LogP contribution in [0.25, 0.3) is 0 Å². The molecule has 0 saturated heterocycles. The minimum Gasteiger partial charge on any atom is -0.352 e. The van der Waals surface area contributed by atoms with Crippen LogP contribution in [0.3, 0.4) is 0 Å². The third-order valence-corrected chi connectivity index (χ3v) is 3.92. The molecule has 25 heavy (non-hydrogen) atoms. The molecule has 0 heterocycles. The molecule has 1 amide bonds. The van der Waals surface area contributed by atoms with Crippen molar-refractivity contribution in [1.82, 2.24) is 5.32 Å². The number of hydrogen-bond acceptors (Lipinski definition) is 2. The SMILES string of the molecule is CC(C/C=C/CCNC(=O)c1ccc(C)cc1)=Nc1ccccc1C. The van der Waals surface area contributed by atoms with E-state index >= 15 is 0 Å². The zero-order chi connectivity index (χ0) is 18.1. The molecule has 0 aromatic heterocycles. The van der Waals surface area contributed by atoms with Gasteiger partial charge in [-0.05, 0) is 51.0 Å². The Labute approximate surface area is 150 Å². The number of aryl methyl sites for hydroxylation is 2. The van der Waals surface area contributed by atoms with Crippen LogP contribution in [0.5, 0.6) is 0 Å². The lowest BCUT2D eigenvalue weighted by Gasteiger charge is -2.04. The predicted molar refractivity (Wildman–Crippen MR) is 106 cm³/mol. The van der Waals surface area contributed by atoms with Crippen LogP contribution in [-0.2, 0) is 0 Å². The molecule has 0 fully saturated rings. The number of nitrogens with zero attached hydrogens (tertiary/aromatic N) is 1. The van der Waals surface area contributed by atoms with Gasteiger partial charge >= 0.3 is 0 Å². The molecule has 2 aromatic carbocycles. The molecule has 0 saturated carbocycles. The first-order valence-corrected chi connectivity index (χ1v) is 8.66. The fourth-order valence-electron chi connectivity index (χ4n) is 2.39. The van der Waals surface area contributed by atoms with Crippen molar-refractivity contribution in [2.45, 2.75) is 33.6 Å². The van der Waals surface area contributed by atoms with E-state index in [-0.39, 0.29) is 5.91 Å². The van der Waals surface area contributed by atoms with Crippen LogP contribution >= 0.6 is 0 Å². The van der Waals surface area contributed by atoms with Crippen molar-refractivity contribution in [2.75, 3.05) is 6.54 Å². The smallest absolute Gasteiger partial charge is 0.251 e. The quantitative estimate of drug-likeness (QED) is 0.424. The first-order chi connectivity index (χ1) is 12.1. The highest BCUT2D eigenvalue weighted by Crippen LogP contribution is 2.17. The number of carbonyl (C=O) groups is 1. The second-order valence-corrected chi connectivity index (χ2v) is 6.22. The Morgan fingerprint density at radius 1 is 1.04 bits per heavy atom. The molecule has 0 radical (unpaired) electrons. The molecular weight excluding hydrogens is 308 g/mol. The van der Waals surface area contributed by atoms with Gasteiger partial charge in [0, 0.05) is 24.2 Å². The zero-order valence-corrected chi connectivity index (χ0v) is 15.3. The number of aliphatic imine (C=N–C) groups is 1. The monoisotopic (exact) mass is 334 g/mol. The van der Waals surface area contributed by atoms with E-state index in [1.165, 1.54) is 5.56 Å². The van der Waals surface area contributed by atoms with Crippen molar-refractivity contribution in [3.05, 3.63) is 77.4 Å². The Morgan fingerprint density at radius 3 is 2.48 bits per heavy atom. The molecule has 3 heteroatoms. The number of allylic oxidation sites excluding steroid dienone is 1. The summed E-state index contributed by atoms with van der Waals surface area (Å²) in [7, 11) is 0. The minimum atomic E-state index is -0.0225. The number of amides is 1. The molecule has 0 aliphatic carbocycles. The Hall–Kier alpha value is -2.68. The van der Waals surface area contributed by atoms with Crippen LogP contribution in [0, 0.1) is 13.8 Å². The van der Waals surface area contributed by atoms with Gasteiger partial charge in [-0.1, -0.05) is 48.0 Å². The minimum absolute atomic E-state index is 0.0225. The molecule has 2 aromatic rings. The van der Waals surface area contributed by atoms with Crippen molar-refractivity contribution >= 4 is 17.3 Å². The molecule has 2 rings (SSSR count). The first kappa shape index (κ1) is 18.7. The van der Waals surface area contributed by atoms with Crippen molar-refractivity contribution in [2.24, 2.45) is 4.99 Å². The van der Waals surface area contributed by atoms with E-state index in [1.807, 2.05) is 56.3 Å². The van der Waals surface area contributed by atoms with Crippen molar-refractivity contribution in [3.63, 3.8) is 0 Å². The summed E-state index contributed by atoms with van der Waals surface area (Å²) in [5.41, 5.74) is 5.15. The number of rotatable bonds is 7. The molecule has 0 spiro atoms. The average Bonchev–Trinajstić information content (AvgIpc) is 2.60. The van der Waals surface area contributed by atoms with Gasteiger partial charge in [0.25, 0.3) is 5.91 Å². The maximum atomic E-state index is 12.0. The standard InChI is InChI=1S/C22H26N2O/c1-17-12-14-20(15-13-17)22(25)23-16-8-4-5-10-19(3)24-21-11-7-6-9-18(21)2/h4-7,9,11-15H,8,10,16H2,1-3H3,(H,23,25)/b5-4+,24-19?. The number of hydrogen-bond donors (Lipinski definition) is 1. The fourth-order valence-corrected chi connectivity index (χ4v) is 2.39. The van der Waals surface area contributed by atoms with E-state index < -0.39 is 0 Å². The van der Waals surface area contributed by atoms with E-state index in [2.05, 4.69) is 35.5 Å². The van der Waals surface area contributed by atoms with Gasteiger partial charge in [0.15, 0.2) is 0 Å². The maximum absolute atomic E-state index is 12.0. The Bertz CT molecular complexity index is 758. The summed E-state index contributed by atoms with van der Waals surface area (Å²) >= 11 is 0. The van der Waals surface area contributed by atoms with E-state index in [0.717, 1.165) is 29.8 Å². The van der Waals surface area contributed by atoms with Crippen LogP contribution in [0.15, 0.2) is 65.7 Å². The highest BCUT2D eigenvalue weighted by atomic mass is 16.1. The summed E-state index contributed by atoms with van der Waals surface area (Å²) in [4.78, 5) is 16.6. The summed E-state index contributed by atoms with van der Waals surface area (Å²) in [6, 6.07) is 15.7. The van der Waals surface area contributed by atoms with E-state index in [1.54, 1.807) is 0 Å². The normalized spacial score (nSPS) is 11.7. The third kappa shape index (κ3) is 6.38. The number of benzene rings is 2. The summed E-state index contributed by atoms with van der Waals surface area (Å²) in [5, 5.41) is 2.93. The summed E-state index contributed by atoms with van der Waals surface area (Å²) in [5.74, 6) is -0.0225. The Balaban J connectivity index is 1.72. The second-order valence-electron chi connectivity index (χ2n) is 6.22. The van der Waals surface area contributed by atoms with Gasteiger partial charge in [-0.3, -0.25) is 9.79 Å². The Morgan fingerprint density at radius 2 is 1.76 bits per heavy atom. The van der Waals surface area contributed by atoms with Gasteiger partial charge in [-0.2, -0.15) is 0 Å². The molecule has 130 valence electrons. The van der Waals surface area contributed by atoms with Crippen LogP contribution < -0.4 is 5.32 Å². The van der Waals surface area contributed by atoms with Gasteiger partial charge in [-0.15, -0.1) is 0 Å². The van der Waals surface area contributed by atoms with E-state index in [4.69, 9.17) is 0 Å². The maximum Gasteiger partial charge on any atom is 0.251 e. The second kappa shape index (κ2) is 9.58. The Kier molecular flexibility index (Phi) is 7.15. The number of para-hydroxylation sites is 1. The summed E-state index contributed by atoms with van der Waals surface area (Å²) in [6.45, 7) is 6.75. The van der Waals surface area contributed by atoms with Gasteiger partial charge in [0.1, 0.15) is 0 Å². The molecule has 3 nitrogen and oxygen atoms in total. The number of carbonyl (C=O) groups excluding carboxylic acids is 1. The summed E-state index contributed by atoms with van der Waals surface area (Å²) < 4.78 is 0. The first-order valence-electron chi connectivity index (χ1n) is 8.66. The van der Waals surface area contributed by atoms with Crippen molar-refractivity contribution < 1.29 is 4.79 Å². The largest absolute Gasteiger partial charge is 0.352 e. The molecule has 0 aliphatic rings. The van der Waals surface area contributed by atoms with Crippen LogP contribution in [0.1, 0.15) is 41.3 Å². The topological polar surface area (TPSA) is 41.5 Å². The molecule has 0 atom stereocenters.